The minimum absolute atomic E-state index is 0.142. The molecule has 1 aromatic carbocycles. The Hall–Kier alpha value is -2.21. The summed E-state index contributed by atoms with van der Waals surface area (Å²) in [5, 5.41) is 11.5. The molecule has 17 heavy (non-hydrogen) atoms. The molecule has 0 bridgehead atoms. The molecule has 0 saturated heterocycles. The summed E-state index contributed by atoms with van der Waals surface area (Å²) in [6.45, 7) is 0.530. The minimum Gasteiger partial charge on any atom is -0.485 e. The first-order valence-corrected chi connectivity index (χ1v) is 5.09. The highest BCUT2D eigenvalue weighted by atomic mass is 16.6. The van der Waals surface area contributed by atoms with Crippen LogP contribution in [0.5, 0.6) is 5.75 Å². The number of hydrogen-bond donors (Lipinski definition) is 1. The SMILES string of the molecule is NCCOc1c([N+](=O)[O-])cnc2ccccc12. The highest BCUT2D eigenvalue weighted by Gasteiger charge is 2.18. The van der Waals surface area contributed by atoms with E-state index >= 15 is 0 Å². The number of para-hydroxylation sites is 1. The summed E-state index contributed by atoms with van der Waals surface area (Å²) in [4.78, 5) is 14.4. The highest BCUT2D eigenvalue weighted by molar-refractivity contribution is 5.88. The van der Waals surface area contributed by atoms with E-state index in [4.69, 9.17) is 10.5 Å². The van der Waals surface area contributed by atoms with Crippen LogP contribution in [0.2, 0.25) is 0 Å². The molecule has 0 radical (unpaired) electrons. The number of nitro groups is 1. The molecule has 1 heterocycles. The normalized spacial score (nSPS) is 10.4. The van der Waals surface area contributed by atoms with Gasteiger partial charge in [-0.1, -0.05) is 12.1 Å². The quantitative estimate of drug-likeness (QED) is 0.637. The molecule has 6 nitrogen and oxygen atoms in total. The van der Waals surface area contributed by atoms with Crippen LogP contribution in [-0.4, -0.2) is 23.1 Å². The Balaban J connectivity index is 2.61. The predicted molar refractivity (Wildman–Crippen MR) is 62.9 cm³/mol. The standard InChI is InChI=1S/C11H11N3O3/c12-5-6-17-11-8-3-1-2-4-9(8)13-7-10(11)14(15)16/h1-4,7H,5-6,12H2. The van der Waals surface area contributed by atoms with Gasteiger partial charge in [-0.15, -0.1) is 0 Å². The van der Waals surface area contributed by atoms with Gasteiger partial charge < -0.3 is 10.5 Å². The molecule has 1 aromatic heterocycles. The van der Waals surface area contributed by atoms with Crippen molar-refractivity contribution in [2.75, 3.05) is 13.2 Å². The number of hydrogen-bond acceptors (Lipinski definition) is 5. The Kier molecular flexibility index (Phi) is 3.15. The number of aromatic nitrogens is 1. The minimum atomic E-state index is -0.509. The number of nitrogens with zero attached hydrogens (tertiary/aromatic N) is 2. The lowest BCUT2D eigenvalue weighted by molar-refractivity contribution is -0.386. The first-order chi connectivity index (χ1) is 8.24. The second kappa shape index (κ2) is 4.75. The Labute approximate surface area is 97.2 Å². The van der Waals surface area contributed by atoms with Gasteiger partial charge in [-0.3, -0.25) is 10.1 Å². The van der Waals surface area contributed by atoms with Crippen molar-refractivity contribution in [3.8, 4) is 5.75 Å². The number of nitrogens with two attached hydrogens (primary N) is 1. The van der Waals surface area contributed by atoms with Gasteiger partial charge in [0.15, 0.2) is 0 Å². The Bertz CT molecular complexity index is 557. The van der Waals surface area contributed by atoms with E-state index in [1.807, 2.05) is 6.07 Å². The maximum absolute atomic E-state index is 10.9. The van der Waals surface area contributed by atoms with E-state index in [2.05, 4.69) is 4.98 Å². The molecule has 6 heteroatoms. The van der Waals surface area contributed by atoms with Gasteiger partial charge in [0.1, 0.15) is 12.8 Å². The van der Waals surface area contributed by atoms with Gasteiger partial charge in [0.05, 0.1) is 10.4 Å². The molecule has 2 rings (SSSR count). The summed E-state index contributed by atoms with van der Waals surface area (Å²) in [6.07, 6.45) is 1.20. The highest BCUT2D eigenvalue weighted by Crippen LogP contribution is 2.33. The molecular weight excluding hydrogens is 222 g/mol. The summed E-state index contributed by atoms with van der Waals surface area (Å²) in [5.74, 6) is 0.228. The lowest BCUT2D eigenvalue weighted by Gasteiger charge is -2.08. The van der Waals surface area contributed by atoms with Crippen molar-refractivity contribution in [2.45, 2.75) is 0 Å². The van der Waals surface area contributed by atoms with Crippen LogP contribution in [0.3, 0.4) is 0 Å². The molecule has 0 aliphatic carbocycles. The topological polar surface area (TPSA) is 91.3 Å². The zero-order valence-electron chi connectivity index (χ0n) is 9.00. The molecule has 0 aliphatic rings. The third kappa shape index (κ3) is 2.16. The van der Waals surface area contributed by atoms with Crippen LogP contribution in [0.1, 0.15) is 0 Å². The molecule has 2 aromatic rings. The van der Waals surface area contributed by atoms with Gasteiger partial charge in [-0.05, 0) is 12.1 Å². The van der Waals surface area contributed by atoms with Gasteiger partial charge in [-0.25, -0.2) is 4.98 Å². The fourth-order valence-electron chi connectivity index (χ4n) is 1.55. The van der Waals surface area contributed by atoms with Crippen LogP contribution in [0, 0.1) is 10.1 Å². The largest absolute Gasteiger partial charge is 0.485 e. The number of pyridine rings is 1. The number of rotatable bonds is 4. The van der Waals surface area contributed by atoms with Crippen molar-refractivity contribution in [1.29, 1.82) is 0 Å². The first kappa shape index (κ1) is 11.3. The first-order valence-electron chi connectivity index (χ1n) is 5.09. The maximum atomic E-state index is 10.9. The van der Waals surface area contributed by atoms with E-state index in [9.17, 15) is 10.1 Å². The second-order valence-corrected chi connectivity index (χ2v) is 3.38. The predicted octanol–water partition coefficient (Wildman–Crippen LogP) is 1.48. The summed E-state index contributed by atoms with van der Waals surface area (Å²) < 4.78 is 5.35. The summed E-state index contributed by atoms with van der Waals surface area (Å²) in [7, 11) is 0. The number of benzene rings is 1. The molecule has 0 fully saturated rings. The smallest absolute Gasteiger partial charge is 0.329 e. The lowest BCUT2D eigenvalue weighted by atomic mass is 10.2. The molecule has 0 atom stereocenters. The average Bonchev–Trinajstić information content (AvgIpc) is 2.35. The van der Waals surface area contributed by atoms with Gasteiger partial charge in [0.2, 0.25) is 5.75 Å². The number of fused-ring (bicyclic) bond motifs is 1. The summed E-state index contributed by atoms with van der Waals surface area (Å²) in [6, 6.07) is 7.10. The molecule has 88 valence electrons. The van der Waals surface area contributed by atoms with E-state index in [1.165, 1.54) is 6.20 Å². The van der Waals surface area contributed by atoms with Crippen molar-refractivity contribution in [3.05, 3.63) is 40.6 Å². The Morgan fingerprint density at radius 3 is 2.88 bits per heavy atom. The lowest BCUT2D eigenvalue weighted by Crippen LogP contribution is -2.11. The zero-order chi connectivity index (χ0) is 12.3. The van der Waals surface area contributed by atoms with E-state index in [-0.39, 0.29) is 18.0 Å². The van der Waals surface area contributed by atoms with Crippen molar-refractivity contribution >= 4 is 16.6 Å². The van der Waals surface area contributed by atoms with Gasteiger partial charge in [0, 0.05) is 11.9 Å². The summed E-state index contributed by atoms with van der Waals surface area (Å²) in [5.41, 5.74) is 5.85. The fraction of sp³-hybridized carbons (Fsp3) is 0.182. The van der Waals surface area contributed by atoms with Crippen LogP contribution in [-0.2, 0) is 0 Å². The van der Waals surface area contributed by atoms with Crippen molar-refractivity contribution in [2.24, 2.45) is 5.73 Å². The van der Waals surface area contributed by atoms with E-state index < -0.39 is 4.92 Å². The average molecular weight is 233 g/mol. The van der Waals surface area contributed by atoms with Crippen molar-refractivity contribution in [3.63, 3.8) is 0 Å². The van der Waals surface area contributed by atoms with Gasteiger partial charge >= 0.3 is 5.69 Å². The molecule has 0 unspecified atom stereocenters. The van der Waals surface area contributed by atoms with Gasteiger partial charge in [-0.2, -0.15) is 0 Å². The monoisotopic (exact) mass is 233 g/mol. The van der Waals surface area contributed by atoms with Crippen LogP contribution in [0.25, 0.3) is 10.9 Å². The van der Waals surface area contributed by atoms with Crippen molar-refractivity contribution < 1.29 is 9.66 Å². The third-order valence-corrected chi connectivity index (χ3v) is 2.27. The number of ether oxygens (including phenoxy) is 1. The third-order valence-electron chi connectivity index (χ3n) is 2.27. The fourth-order valence-corrected chi connectivity index (χ4v) is 1.55. The summed E-state index contributed by atoms with van der Waals surface area (Å²) >= 11 is 0. The van der Waals surface area contributed by atoms with E-state index in [0.717, 1.165) is 0 Å². The molecule has 0 saturated carbocycles. The molecule has 0 aliphatic heterocycles. The zero-order valence-corrected chi connectivity index (χ0v) is 9.00. The molecule has 2 N–H and O–H groups in total. The van der Waals surface area contributed by atoms with Crippen LogP contribution in [0.4, 0.5) is 5.69 Å². The van der Waals surface area contributed by atoms with E-state index in [1.54, 1.807) is 18.2 Å². The van der Waals surface area contributed by atoms with Gasteiger partial charge in [0.25, 0.3) is 0 Å². The second-order valence-electron chi connectivity index (χ2n) is 3.38. The van der Waals surface area contributed by atoms with Crippen LogP contribution < -0.4 is 10.5 Å². The van der Waals surface area contributed by atoms with Crippen LogP contribution in [0.15, 0.2) is 30.5 Å². The molecular formula is C11H11N3O3. The Morgan fingerprint density at radius 2 is 2.18 bits per heavy atom. The van der Waals surface area contributed by atoms with E-state index in [0.29, 0.717) is 17.4 Å². The van der Waals surface area contributed by atoms with Crippen molar-refractivity contribution in [1.82, 2.24) is 4.98 Å². The van der Waals surface area contributed by atoms with Crippen LogP contribution >= 0.6 is 0 Å². The Morgan fingerprint density at radius 1 is 1.41 bits per heavy atom. The maximum Gasteiger partial charge on any atom is 0.329 e. The molecule has 0 amide bonds. The molecule has 0 spiro atoms.